The molecule has 4 aromatic rings. The summed E-state index contributed by atoms with van der Waals surface area (Å²) in [5.74, 6) is -13.4. The van der Waals surface area contributed by atoms with Crippen LogP contribution in [0.2, 0.25) is 0 Å². The molecule has 12 heteroatoms. The molecule has 0 saturated heterocycles. The molecular weight excluding hydrogens is 549 g/mol. The number of alkyl halides is 5. The van der Waals surface area contributed by atoms with Gasteiger partial charge in [-0.1, -0.05) is 48.0 Å². The van der Waals surface area contributed by atoms with Crippen molar-refractivity contribution in [1.82, 2.24) is 0 Å². The molecule has 0 aliphatic heterocycles. The third-order valence-corrected chi connectivity index (χ3v) is 5.68. The minimum absolute atomic E-state index is 0.204. The quantitative estimate of drug-likeness (QED) is 0.220. The maximum atomic E-state index is 14.9. The number of rotatable bonds is 5. The fraction of sp³-hybridized carbons (Fsp3) is 0.111. The highest BCUT2D eigenvalue weighted by Gasteiger charge is 2.42. The van der Waals surface area contributed by atoms with Crippen molar-refractivity contribution in [3.8, 4) is 28.0 Å². The van der Waals surface area contributed by atoms with Crippen LogP contribution in [-0.2, 0) is 12.3 Å². The van der Waals surface area contributed by atoms with E-state index in [0.29, 0.717) is 6.07 Å². The van der Waals surface area contributed by atoms with Crippen molar-refractivity contribution in [3.63, 3.8) is 0 Å². The van der Waals surface area contributed by atoms with Crippen LogP contribution in [0.15, 0.2) is 60.7 Å². The first-order valence-electron chi connectivity index (χ1n) is 10.8. The van der Waals surface area contributed by atoms with Crippen LogP contribution in [0.1, 0.15) is 16.7 Å². The van der Waals surface area contributed by atoms with E-state index in [4.69, 9.17) is 0 Å². The smallest absolute Gasteiger partial charge is 0.429 e. The Morgan fingerprint density at radius 3 is 1.56 bits per heavy atom. The fourth-order valence-electron chi connectivity index (χ4n) is 3.78. The van der Waals surface area contributed by atoms with Gasteiger partial charge in [-0.05, 0) is 18.6 Å². The largest absolute Gasteiger partial charge is 0.429 e. The number of benzene rings is 4. The molecule has 0 fully saturated rings. The third-order valence-electron chi connectivity index (χ3n) is 5.68. The standard InChI is InChI=1S/C27H13F11O/c1-12-2-4-13(5-3-12)15-6-7-16(23(31)22(15)30)17-8-9-18(25(33)24(17)32)27(37,38)39-14-10-19(28)21(20(29)11-14)26(34,35)36/h2-11H,1H3. The van der Waals surface area contributed by atoms with Crippen molar-refractivity contribution in [2.75, 3.05) is 0 Å². The summed E-state index contributed by atoms with van der Waals surface area (Å²) in [5, 5.41) is 0. The van der Waals surface area contributed by atoms with Crippen LogP contribution >= 0.6 is 0 Å². The topological polar surface area (TPSA) is 9.23 Å². The summed E-state index contributed by atoms with van der Waals surface area (Å²) in [6.45, 7) is 1.76. The Kier molecular flexibility index (Phi) is 7.09. The molecule has 0 spiro atoms. The summed E-state index contributed by atoms with van der Waals surface area (Å²) in [4.78, 5) is 0. The average Bonchev–Trinajstić information content (AvgIpc) is 2.81. The van der Waals surface area contributed by atoms with E-state index in [-0.39, 0.29) is 29.3 Å². The van der Waals surface area contributed by atoms with E-state index >= 15 is 0 Å². The predicted molar refractivity (Wildman–Crippen MR) is 118 cm³/mol. The predicted octanol–water partition coefficient (Wildman–Crippen LogP) is 9.31. The SMILES string of the molecule is Cc1ccc(-c2ccc(-c3ccc(C(F)(F)Oc4cc(F)c(C(F)(F)F)c(F)c4)c(F)c3F)c(F)c2F)cc1. The molecule has 204 valence electrons. The van der Waals surface area contributed by atoms with Crippen LogP contribution in [0.3, 0.4) is 0 Å². The first-order valence-corrected chi connectivity index (χ1v) is 10.8. The van der Waals surface area contributed by atoms with Gasteiger partial charge in [-0.3, -0.25) is 0 Å². The minimum Gasteiger partial charge on any atom is -0.429 e. The fourth-order valence-corrected chi connectivity index (χ4v) is 3.78. The molecule has 0 unspecified atom stereocenters. The molecule has 0 heterocycles. The zero-order valence-corrected chi connectivity index (χ0v) is 19.3. The van der Waals surface area contributed by atoms with Gasteiger partial charge in [0.1, 0.15) is 28.5 Å². The Bertz CT molecular complexity index is 1530. The van der Waals surface area contributed by atoms with Crippen LogP contribution in [0.4, 0.5) is 48.3 Å². The van der Waals surface area contributed by atoms with Gasteiger partial charge >= 0.3 is 12.3 Å². The van der Waals surface area contributed by atoms with Crippen molar-refractivity contribution >= 4 is 0 Å². The molecule has 0 radical (unpaired) electrons. The van der Waals surface area contributed by atoms with Gasteiger partial charge in [0.05, 0.1) is 0 Å². The Hall–Kier alpha value is -4.09. The Morgan fingerprint density at radius 1 is 0.564 bits per heavy atom. The lowest BCUT2D eigenvalue weighted by atomic mass is 9.97. The van der Waals surface area contributed by atoms with Crippen molar-refractivity contribution in [3.05, 3.63) is 112 Å². The zero-order chi connectivity index (χ0) is 28.9. The first kappa shape index (κ1) is 27.9. The van der Waals surface area contributed by atoms with E-state index in [9.17, 15) is 48.3 Å². The van der Waals surface area contributed by atoms with Crippen molar-refractivity contribution in [2.45, 2.75) is 19.2 Å². The zero-order valence-electron chi connectivity index (χ0n) is 19.3. The second-order valence-corrected chi connectivity index (χ2v) is 8.32. The number of aryl methyl sites for hydroxylation is 1. The van der Waals surface area contributed by atoms with E-state index in [0.717, 1.165) is 17.7 Å². The summed E-state index contributed by atoms with van der Waals surface area (Å²) >= 11 is 0. The maximum absolute atomic E-state index is 14.9. The summed E-state index contributed by atoms with van der Waals surface area (Å²) in [6, 6.07) is 8.55. The van der Waals surface area contributed by atoms with E-state index in [1.165, 1.54) is 12.1 Å². The molecule has 0 atom stereocenters. The molecule has 0 aliphatic carbocycles. The molecule has 4 rings (SSSR count). The average molecular weight is 562 g/mol. The van der Waals surface area contributed by atoms with Crippen LogP contribution in [0, 0.1) is 41.8 Å². The van der Waals surface area contributed by atoms with Gasteiger partial charge in [0.15, 0.2) is 23.3 Å². The molecule has 0 aliphatic rings. The Labute approximate surface area is 213 Å². The normalized spacial score (nSPS) is 12.1. The van der Waals surface area contributed by atoms with Crippen LogP contribution in [0.5, 0.6) is 5.75 Å². The molecule has 39 heavy (non-hydrogen) atoms. The molecule has 1 nitrogen and oxygen atoms in total. The Morgan fingerprint density at radius 2 is 1.03 bits per heavy atom. The number of hydrogen-bond acceptors (Lipinski definition) is 1. The summed E-state index contributed by atoms with van der Waals surface area (Å²) in [6.07, 6.45) is -10.4. The molecule has 0 amide bonds. The van der Waals surface area contributed by atoms with Crippen LogP contribution in [0.25, 0.3) is 22.3 Å². The van der Waals surface area contributed by atoms with E-state index in [2.05, 4.69) is 4.74 Å². The second kappa shape index (κ2) is 9.90. The monoisotopic (exact) mass is 562 g/mol. The van der Waals surface area contributed by atoms with Gasteiger partial charge in [-0.25, -0.2) is 26.3 Å². The highest BCUT2D eigenvalue weighted by molar-refractivity contribution is 5.72. The molecular formula is C27H13F11O. The first-order chi connectivity index (χ1) is 18.1. The number of halogens is 11. The molecule has 0 bridgehead atoms. The van der Waals surface area contributed by atoms with E-state index in [1.807, 2.05) is 0 Å². The molecule has 4 aromatic carbocycles. The van der Waals surface area contributed by atoms with Crippen molar-refractivity contribution in [2.24, 2.45) is 0 Å². The highest BCUT2D eigenvalue weighted by atomic mass is 19.4. The number of hydrogen-bond donors (Lipinski definition) is 0. The summed E-state index contributed by atoms with van der Waals surface area (Å²) in [5.41, 5.74) is -5.04. The molecule has 0 saturated carbocycles. The summed E-state index contributed by atoms with van der Waals surface area (Å²) < 4.78 is 158. The van der Waals surface area contributed by atoms with Gasteiger partial charge in [-0.2, -0.15) is 22.0 Å². The Balaban J connectivity index is 1.70. The lowest BCUT2D eigenvalue weighted by Crippen LogP contribution is -2.24. The van der Waals surface area contributed by atoms with Crippen LogP contribution in [-0.4, -0.2) is 0 Å². The second-order valence-electron chi connectivity index (χ2n) is 8.32. The van der Waals surface area contributed by atoms with Gasteiger partial charge in [0, 0.05) is 28.8 Å². The number of ether oxygens (including phenoxy) is 1. The summed E-state index contributed by atoms with van der Waals surface area (Å²) in [7, 11) is 0. The van der Waals surface area contributed by atoms with E-state index < -0.39 is 75.2 Å². The molecule has 0 aromatic heterocycles. The van der Waals surface area contributed by atoms with Crippen LogP contribution < -0.4 is 4.74 Å². The van der Waals surface area contributed by atoms with Crippen molar-refractivity contribution < 1.29 is 53.0 Å². The third kappa shape index (κ3) is 5.27. The highest BCUT2D eigenvalue weighted by Crippen LogP contribution is 2.40. The van der Waals surface area contributed by atoms with Gasteiger partial charge < -0.3 is 4.74 Å². The van der Waals surface area contributed by atoms with Crippen molar-refractivity contribution in [1.29, 1.82) is 0 Å². The van der Waals surface area contributed by atoms with Gasteiger partial charge in [-0.15, -0.1) is 0 Å². The van der Waals surface area contributed by atoms with E-state index in [1.54, 1.807) is 19.1 Å². The van der Waals surface area contributed by atoms with Gasteiger partial charge in [0.25, 0.3) is 0 Å². The maximum Gasteiger partial charge on any atom is 0.429 e. The van der Waals surface area contributed by atoms with Gasteiger partial charge in [0.2, 0.25) is 0 Å². The minimum atomic E-state index is -5.49. The lowest BCUT2D eigenvalue weighted by molar-refractivity contribution is -0.188. The lowest BCUT2D eigenvalue weighted by Gasteiger charge is -2.20. The molecule has 0 N–H and O–H groups in total.